The van der Waals surface area contributed by atoms with Crippen molar-refractivity contribution in [3.63, 3.8) is 0 Å². The first-order valence-electron chi connectivity index (χ1n) is 12.5. The molecule has 0 aromatic heterocycles. The highest BCUT2D eigenvalue weighted by atomic mass is 16.5. The van der Waals surface area contributed by atoms with Gasteiger partial charge in [0.1, 0.15) is 20.5 Å². The van der Waals surface area contributed by atoms with Crippen LogP contribution < -0.4 is 16.0 Å². The van der Waals surface area contributed by atoms with E-state index < -0.39 is 17.9 Å². The van der Waals surface area contributed by atoms with Crippen molar-refractivity contribution in [2.45, 2.75) is 64.4 Å². The van der Waals surface area contributed by atoms with E-state index in [4.69, 9.17) is 0 Å². The number of amides is 5. The number of unbranched alkanes of at least 4 members (excludes halogenated alkanes) is 2. The SMILES string of the molecule is BC1CC(=O)N(CCCCCC(=O)NC(C(=O)NCC(=O)Nc2ccc(COC=O)cc2)C(C)C)C1=O. The number of nitrogens with one attached hydrogen (secondary N) is 3. The Labute approximate surface area is 217 Å². The number of nitrogens with zero attached hydrogens (tertiary/aromatic N) is 1. The maximum Gasteiger partial charge on any atom is 0.293 e. The van der Waals surface area contributed by atoms with E-state index in [9.17, 15) is 28.8 Å². The summed E-state index contributed by atoms with van der Waals surface area (Å²) in [6.07, 6.45) is 2.32. The average molecular weight is 514 g/mol. The van der Waals surface area contributed by atoms with E-state index in [1.165, 1.54) is 4.90 Å². The summed E-state index contributed by atoms with van der Waals surface area (Å²) in [7, 11) is 1.74. The summed E-state index contributed by atoms with van der Waals surface area (Å²) in [4.78, 5) is 72.5. The number of ether oxygens (including phenoxy) is 1. The van der Waals surface area contributed by atoms with Crippen molar-refractivity contribution < 1.29 is 33.5 Å². The molecule has 1 heterocycles. The van der Waals surface area contributed by atoms with Crippen LogP contribution in [0.25, 0.3) is 0 Å². The molecule has 2 unspecified atom stereocenters. The smallest absolute Gasteiger partial charge is 0.293 e. The van der Waals surface area contributed by atoms with Crippen LogP contribution >= 0.6 is 0 Å². The maximum absolute atomic E-state index is 12.6. The Hall–Kier alpha value is -3.70. The van der Waals surface area contributed by atoms with E-state index in [0.717, 1.165) is 5.56 Å². The third-order valence-electron chi connectivity index (χ3n) is 6.00. The Morgan fingerprint density at radius 3 is 2.41 bits per heavy atom. The van der Waals surface area contributed by atoms with Gasteiger partial charge in [0.25, 0.3) is 6.47 Å². The Kier molecular flexibility index (Phi) is 11.8. The molecule has 1 fully saturated rings. The summed E-state index contributed by atoms with van der Waals surface area (Å²) in [5.74, 6) is -1.90. The van der Waals surface area contributed by atoms with Crippen molar-refractivity contribution >= 4 is 49.5 Å². The zero-order valence-electron chi connectivity index (χ0n) is 21.6. The van der Waals surface area contributed by atoms with Crippen LogP contribution in [-0.4, -0.2) is 67.9 Å². The minimum absolute atomic E-state index is 0.135. The van der Waals surface area contributed by atoms with Crippen LogP contribution in [0.4, 0.5) is 5.69 Å². The van der Waals surface area contributed by atoms with Gasteiger partial charge in [-0.05, 0) is 36.5 Å². The quantitative estimate of drug-likeness (QED) is 0.132. The van der Waals surface area contributed by atoms with Gasteiger partial charge in [-0.25, -0.2) is 0 Å². The number of anilines is 1. The van der Waals surface area contributed by atoms with Crippen molar-refractivity contribution in [1.29, 1.82) is 0 Å². The summed E-state index contributed by atoms with van der Waals surface area (Å²) < 4.78 is 4.67. The molecule has 0 aliphatic carbocycles. The van der Waals surface area contributed by atoms with Gasteiger partial charge in [-0.1, -0.05) is 32.4 Å². The van der Waals surface area contributed by atoms with Crippen molar-refractivity contribution in [3.8, 4) is 0 Å². The molecule has 1 aliphatic heterocycles. The molecule has 0 spiro atoms. The molecule has 1 aliphatic rings. The molecule has 2 rings (SSSR count). The van der Waals surface area contributed by atoms with E-state index in [2.05, 4.69) is 20.7 Å². The number of hydrogen-bond donors (Lipinski definition) is 3. The molecule has 5 amide bonds. The number of likely N-dealkylation sites (tertiary alicyclic amines) is 1. The summed E-state index contributed by atoms with van der Waals surface area (Å²) in [5.41, 5.74) is 1.29. The predicted molar refractivity (Wildman–Crippen MR) is 138 cm³/mol. The molecule has 0 bridgehead atoms. The van der Waals surface area contributed by atoms with Crippen molar-refractivity contribution in [1.82, 2.24) is 15.5 Å². The molecule has 0 saturated carbocycles. The van der Waals surface area contributed by atoms with E-state index in [1.807, 2.05) is 0 Å². The highest BCUT2D eigenvalue weighted by Gasteiger charge is 2.34. The van der Waals surface area contributed by atoms with E-state index in [1.54, 1.807) is 46.0 Å². The number of imide groups is 1. The topological polar surface area (TPSA) is 151 Å². The van der Waals surface area contributed by atoms with Crippen LogP contribution in [0.2, 0.25) is 5.82 Å². The highest BCUT2D eigenvalue weighted by Crippen LogP contribution is 2.22. The third kappa shape index (κ3) is 9.70. The lowest BCUT2D eigenvalue weighted by atomic mass is 9.86. The molecule has 11 nitrogen and oxygen atoms in total. The molecule has 12 heteroatoms. The van der Waals surface area contributed by atoms with Gasteiger partial charge in [-0.3, -0.25) is 33.7 Å². The third-order valence-corrected chi connectivity index (χ3v) is 6.00. The van der Waals surface area contributed by atoms with Crippen molar-refractivity contribution in [2.75, 3.05) is 18.4 Å². The number of hydrogen-bond acceptors (Lipinski definition) is 7. The lowest BCUT2D eigenvalue weighted by molar-refractivity contribution is -0.138. The lowest BCUT2D eigenvalue weighted by Crippen LogP contribution is -2.51. The number of carbonyl (C=O) groups excluding carboxylic acids is 6. The summed E-state index contributed by atoms with van der Waals surface area (Å²) >= 11 is 0. The Balaban J connectivity index is 1.69. The average Bonchev–Trinajstić information content (AvgIpc) is 3.10. The van der Waals surface area contributed by atoms with E-state index in [-0.39, 0.29) is 55.4 Å². The second kappa shape index (κ2) is 14.8. The Bertz CT molecular complexity index is 984. The molecule has 1 saturated heterocycles. The van der Waals surface area contributed by atoms with Crippen LogP contribution in [0.15, 0.2) is 24.3 Å². The fourth-order valence-electron chi connectivity index (χ4n) is 3.89. The fourth-order valence-corrected chi connectivity index (χ4v) is 3.89. The molecule has 3 N–H and O–H groups in total. The van der Waals surface area contributed by atoms with Gasteiger partial charge in [-0.15, -0.1) is 0 Å². The number of benzene rings is 1. The maximum atomic E-state index is 12.6. The zero-order chi connectivity index (χ0) is 27.4. The fraction of sp³-hybridized carbons (Fsp3) is 0.520. The number of rotatable bonds is 15. The summed E-state index contributed by atoms with van der Waals surface area (Å²) in [6.45, 7) is 4.19. The summed E-state index contributed by atoms with van der Waals surface area (Å²) in [6, 6.07) is 5.92. The van der Waals surface area contributed by atoms with Gasteiger partial charge >= 0.3 is 0 Å². The highest BCUT2D eigenvalue weighted by molar-refractivity contribution is 6.29. The molecule has 1 aromatic rings. The normalized spacial score (nSPS) is 15.9. The first kappa shape index (κ1) is 29.5. The van der Waals surface area contributed by atoms with Crippen LogP contribution in [0.1, 0.15) is 51.5 Å². The number of carbonyl (C=O) groups is 6. The first-order chi connectivity index (χ1) is 17.6. The predicted octanol–water partition coefficient (Wildman–Crippen LogP) is 0.296. The molecule has 0 radical (unpaired) electrons. The van der Waals surface area contributed by atoms with Gasteiger partial charge in [0.05, 0.1) is 6.54 Å². The van der Waals surface area contributed by atoms with Crippen LogP contribution in [-0.2, 0) is 40.1 Å². The standard InChI is InChI=1S/C25H35BN4O7/c1-16(2)23(29-20(32)6-4-3-5-11-30-22(34)12-19(26)25(30)36)24(35)27-13-21(33)28-18-9-7-17(8-10-18)14-37-15-31/h7-10,15-16,19,23H,3-6,11-14,26H2,1-2H3,(H,27,35)(H,28,33)(H,29,32). The largest absolute Gasteiger partial charge is 0.463 e. The van der Waals surface area contributed by atoms with Crippen LogP contribution in [0.5, 0.6) is 0 Å². The van der Waals surface area contributed by atoms with Gasteiger partial charge in [-0.2, -0.15) is 0 Å². The molecule has 200 valence electrons. The van der Waals surface area contributed by atoms with Gasteiger partial charge in [0.2, 0.25) is 29.5 Å². The molecular formula is C25H35BN4O7. The van der Waals surface area contributed by atoms with Crippen LogP contribution in [0, 0.1) is 5.92 Å². The van der Waals surface area contributed by atoms with Gasteiger partial charge in [0, 0.05) is 30.9 Å². The summed E-state index contributed by atoms with van der Waals surface area (Å²) in [5, 5.41) is 7.94. The minimum Gasteiger partial charge on any atom is -0.463 e. The van der Waals surface area contributed by atoms with Crippen molar-refractivity contribution in [3.05, 3.63) is 29.8 Å². The zero-order valence-corrected chi connectivity index (χ0v) is 21.6. The Morgan fingerprint density at radius 2 is 1.81 bits per heavy atom. The van der Waals surface area contributed by atoms with E-state index >= 15 is 0 Å². The molecule has 2 atom stereocenters. The first-order valence-corrected chi connectivity index (χ1v) is 12.5. The van der Waals surface area contributed by atoms with Gasteiger partial charge < -0.3 is 20.7 Å². The van der Waals surface area contributed by atoms with Gasteiger partial charge in [0.15, 0.2) is 0 Å². The second-order valence-corrected chi connectivity index (χ2v) is 9.46. The molecule has 37 heavy (non-hydrogen) atoms. The van der Waals surface area contributed by atoms with Crippen LogP contribution in [0.3, 0.4) is 0 Å². The second-order valence-electron chi connectivity index (χ2n) is 9.46. The Morgan fingerprint density at radius 1 is 1.11 bits per heavy atom. The van der Waals surface area contributed by atoms with Crippen molar-refractivity contribution in [2.24, 2.45) is 5.92 Å². The monoisotopic (exact) mass is 514 g/mol. The molecular weight excluding hydrogens is 479 g/mol. The lowest BCUT2D eigenvalue weighted by Gasteiger charge is -2.21. The molecule has 1 aromatic carbocycles. The minimum atomic E-state index is -0.793. The van der Waals surface area contributed by atoms with E-state index in [0.29, 0.717) is 38.0 Å².